The number of benzene rings is 2. The van der Waals surface area contributed by atoms with E-state index < -0.39 is 4.92 Å². The zero-order chi connectivity index (χ0) is 17.4. The standard InChI is InChI=1S/C16H17N3O4S/c1-22-14-6-8-15(9-7-14)23-11-10-17-16(24)18-12-2-4-13(5-3-12)19(20)21/h2-9H,10-11H2,1H3,(H2,17,18,24). The van der Waals surface area contributed by atoms with Crippen LogP contribution < -0.4 is 20.1 Å². The molecule has 0 spiro atoms. The van der Waals surface area contributed by atoms with Crippen molar-refractivity contribution in [3.8, 4) is 11.5 Å². The van der Waals surface area contributed by atoms with Crippen LogP contribution in [0, 0.1) is 10.1 Å². The molecule has 0 aliphatic rings. The van der Waals surface area contributed by atoms with Crippen LogP contribution in [0.3, 0.4) is 0 Å². The normalized spacial score (nSPS) is 9.88. The molecule has 0 atom stereocenters. The SMILES string of the molecule is COc1ccc(OCCNC(=S)Nc2ccc([N+](=O)[O-])cc2)cc1. The van der Waals surface area contributed by atoms with Gasteiger partial charge in [0.1, 0.15) is 18.1 Å². The van der Waals surface area contributed by atoms with Crippen molar-refractivity contribution in [2.24, 2.45) is 0 Å². The maximum absolute atomic E-state index is 10.6. The van der Waals surface area contributed by atoms with Crippen molar-refractivity contribution in [1.29, 1.82) is 0 Å². The average molecular weight is 347 g/mol. The van der Waals surface area contributed by atoms with E-state index >= 15 is 0 Å². The summed E-state index contributed by atoms with van der Waals surface area (Å²) in [5.74, 6) is 1.51. The molecule has 0 fully saturated rings. The second-order valence-electron chi connectivity index (χ2n) is 4.71. The molecular formula is C16H17N3O4S. The van der Waals surface area contributed by atoms with Gasteiger partial charge < -0.3 is 20.1 Å². The van der Waals surface area contributed by atoms with E-state index in [1.54, 1.807) is 19.2 Å². The summed E-state index contributed by atoms with van der Waals surface area (Å²) in [4.78, 5) is 10.1. The van der Waals surface area contributed by atoms with Gasteiger partial charge in [-0.3, -0.25) is 10.1 Å². The molecule has 2 N–H and O–H groups in total. The number of nitro groups is 1. The van der Waals surface area contributed by atoms with Crippen LogP contribution in [0.25, 0.3) is 0 Å². The van der Waals surface area contributed by atoms with E-state index in [0.29, 0.717) is 24.0 Å². The zero-order valence-corrected chi connectivity index (χ0v) is 13.8. The Bertz CT molecular complexity index is 689. The van der Waals surface area contributed by atoms with Gasteiger partial charge in [-0.05, 0) is 48.6 Å². The zero-order valence-electron chi connectivity index (χ0n) is 13.0. The first-order chi connectivity index (χ1) is 11.6. The summed E-state index contributed by atoms with van der Waals surface area (Å²) in [5.41, 5.74) is 0.710. The molecular weight excluding hydrogens is 330 g/mol. The molecule has 0 unspecified atom stereocenters. The number of nitro benzene ring substituents is 1. The molecule has 0 saturated carbocycles. The lowest BCUT2D eigenvalue weighted by atomic mass is 10.3. The van der Waals surface area contributed by atoms with Gasteiger partial charge in [0.15, 0.2) is 5.11 Å². The van der Waals surface area contributed by atoms with Gasteiger partial charge in [0, 0.05) is 17.8 Å². The van der Waals surface area contributed by atoms with E-state index in [0.717, 1.165) is 11.5 Å². The maximum Gasteiger partial charge on any atom is 0.269 e. The highest BCUT2D eigenvalue weighted by molar-refractivity contribution is 7.80. The molecule has 2 aromatic carbocycles. The van der Waals surface area contributed by atoms with Crippen LogP contribution >= 0.6 is 12.2 Å². The van der Waals surface area contributed by atoms with E-state index in [-0.39, 0.29) is 5.69 Å². The first-order valence-corrected chi connectivity index (χ1v) is 7.55. The first-order valence-electron chi connectivity index (χ1n) is 7.14. The molecule has 0 heterocycles. The van der Waals surface area contributed by atoms with Gasteiger partial charge in [0.25, 0.3) is 5.69 Å². The summed E-state index contributed by atoms with van der Waals surface area (Å²) < 4.78 is 10.6. The second-order valence-corrected chi connectivity index (χ2v) is 5.12. The minimum absolute atomic E-state index is 0.0346. The Morgan fingerprint density at radius 1 is 1.12 bits per heavy atom. The van der Waals surface area contributed by atoms with Crippen molar-refractivity contribution in [3.05, 3.63) is 58.6 Å². The highest BCUT2D eigenvalue weighted by Gasteiger charge is 2.04. The van der Waals surface area contributed by atoms with Crippen LogP contribution in [0.4, 0.5) is 11.4 Å². The number of nitrogens with one attached hydrogen (secondary N) is 2. The van der Waals surface area contributed by atoms with Crippen molar-refractivity contribution < 1.29 is 14.4 Å². The Balaban J connectivity index is 1.69. The minimum Gasteiger partial charge on any atom is -0.497 e. The fourth-order valence-corrected chi connectivity index (χ4v) is 2.07. The molecule has 2 aromatic rings. The number of methoxy groups -OCH3 is 1. The lowest BCUT2D eigenvalue weighted by Crippen LogP contribution is -2.31. The molecule has 0 bridgehead atoms. The summed E-state index contributed by atoms with van der Waals surface area (Å²) >= 11 is 5.16. The van der Waals surface area contributed by atoms with Crippen molar-refractivity contribution in [2.45, 2.75) is 0 Å². The summed E-state index contributed by atoms with van der Waals surface area (Å²) in [6.45, 7) is 0.958. The summed E-state index contributed by atoms with van der Waals surface area (Å²) in [5, 5.41) is 17.0. The fourth-order valence-electron chi connectivity index (χ4n) is 1.85. The molecule has 126 valence electrons. The molecule has 2 rings (SSSR count). The Morgan fingerprint density at radius 2 is 1.75 bits per heavy atom. The van der Waals surface area contributed by atoms with Crippen molar-refractivity contribution in [2.75, 3.05) is 25.6 Å². The van der Waals surface area contributed by atoms with E-state index in [2.05, 4.69) is 10.6 Å². The number of anilines is 1. The monoisotopic (exact) mass is 347 g/mol. The van der Waals surface area contributed by atoms with Gasteiger partial charge in [-0.2, -0.15) is 0 Å². The second kappa shape index (κ2) is 8.68. The Kier molecular flexibility index (Phi) is 6.32. The topological polar surface area (TPSA) is 85.7 Å². The lowest BCUT2D eigenvalue weighted by molar-refractivity contribution is -0.384. The average Bonchev–Trinajstić information content (AvgIpc) is 2.59. The van der Waals surface area contributed by atoms with E-state index in [4.69, 9.17) is 21.7 Å². The largest absolute Gasteiger partial charge is 0.497 e. The molecule has 0 aliphatic carbocycles. The molecule has 0 aromatic heterocycles. The molecule has 8 heteroatoms. The van der Waals surface area contributed by atoms with Crippen LogP contribution in [0.5, 0.6) is 11.5 Å². The third-order valence-electron chi connectivity index (χ3n) is 3.05. The summed E-state index contributed by atoms with van der Waals surface area (Å²) in [6.07, 6.45) is 0. The molecule has 0 radical (unpaired) electrons. The predicted molar refractivity (Wildman–Crippen MR) is 95.8 cm³/mol. The summed E-state index contributed by atoms with van der Waals surface area (Å²) in [7, 11) is 1.61. The van der Waals surface area contributed by atoms with Crippen LogP contribution in [-0.2, 0) is 0 Å². The third-order valence-corrected chi connectivity index (χ3v) is 3.30. The lowest BCUT2D eigenvalue weighted by Gasteiger charge is -2.11. The van der Waals surface area contributed by atoms with E-state index in [1.165, 1.54) is 12.1 Å². The van der Waals surface area contributed by atoms with Gasteiger partial charge in [-0.25, -0.2) is 0 Å². The predicted octanol–water partition coefficient (Wildman–Crippen LogP) is 2.97. The van der Waals surface area contributed by atoms with Gasteiger partial charge in [-0.1, -0.05) is 0 Å². The number of ether oxygens (including phenoxy) is 2. The number of hydrogen-bond acceptors (Lipinski definition) is 5. The van der Waals surface area contributed by atoms with E-state index in [9.17, 15) is 10.1 Å². The van der Waals surface area contributed by atoms with Crippen molar-refractivity contribution in [3.63, 3.8) is 0 Å². The highest BCUT2D eigenvalue weighted by atomic mass is 32.1. The fraction of sp³-hybridized carbons (Fsp3) is 0.188. The third kappa shape index (κ3) is 5.40. The number of hydrogen-bond donors (Lipinski definition) is 2. The molecule has 0 amide bonds. The number of thiocarbonyl (C=S) groups is 1. The van der Waals surface area contributed by atoms with E-state index in [1.807, 2.05) is 24.3 Å². The van der Waals surface area contributed by atoms with Gasteiger partial charge in [0.05, 0.1) is 18.6 Å². The maximum atomic E-state index is 10.6. The Morgan fingerprint density at radius 3 is 2.33 bits per heavy atom. The molecule has 0 saturated heterocycles. The van der Waals surface area contributed by atoms with Crippen LogP contribution in [-0.4, -0.2) is 30.3 Å². The number of non-ortho nitro benzene ring substituents is 1. The molecule has 0 aliphatic heterocycles. The van der Waals surface area contributed by atoms with Crippen LogP contribution in [0.1, 0.15) is 0 Å². The Labute approximate surface area is 144 Å². The Hall–Kier alpha value is -2.87. The quantitative estimate of drug-likeness (QED) is 0.345. The van der Waals surface area contributed by atoms with Crippen LogP contribution in [0.15, 0.2) is 48.5 Å². The van der Waals surface area contributed by atoms with Gasteiger partial charge in [-0.15, -0.1) is 0 Å². The smallest absolute Gasteiger partial charge is 0.269 e. The van der Waals surface area contributed by atoms with Gasteiger partial charge >= 0.3 is 0 Å². The molecule has 7 nitrogen and oxygen atoms in total. The van der Waals surface area contributed by atoms with Crippen LogP contribution in [0.2, 0.25) is 0 Å². The first kappa shape index (κ1) is 17.5. The summed E-state index contributed by atoms with van der Waals surface area (Å²) in [6, 6.07) is 13.3. The number of rotatable bonds is 7. The highest BCUT2D eigenvalue weighted by Crippen LogP contribution is 2.17. The van der Waals surface area contributed by atoms with Crippen molar-refractivity contribution in [1.82, 2.24) is 5.32 Å². The number of nitrogens with zero attached hydrogens (tertiary/aromatic N) is 1. The van der Waals surface area contributed by atoms with Gasteiger partial charge in [0.2, 0.25) is 0 Å². The van der Waals surface area contributed by atoms with Crippen molar-refractivity contribution >= 4 is 28.7 Å². The molecule has 24 heavy (non-hydrogen) atoms. The minimum atomic E-state index is -0.448.